The average molecular weight is 272 g/mol. The highest BCUT2D eigenvalue weighted by Crippen LogP contribution is 2.52. The second-order valence-corrected chi connectivity index (χ2v) is 7.52. The maximum Gasteiger partial charge on any atom is 0.228 e. The van der Waals surface area contributed by atoms with Crippen molar-refractivity contribution in [3.8, 4) is 0 Å². The lowest BCUT2D eigenvalue weighted by Crippen LogP contribution is -2.76. The van der Waals surface area contributed by atoms with Crippen LogP contribution in [0, 0.1) is 10.8 Å². The summed E-state index contributed by atoms with van der Waals surface area (Å²) in [4.78, 5) is 12.5. The third-order valence-electron chi connectivity index (χ3n) is 5.55. The molecular formula is C17H24N2O. The summed E-state index contributed by atoms with van der Waals surface area (Å²) in [6, 6.07) is 8.47. The van der Waals surface area contributed by atoms with Crippen LogP contribution in [0.3, 0.4) is 0 Å². The molecule has 20 heavy (non-hydrogen) atoms. The van der Waals surface area contributed by atoms with Gasteiger partial charge in [-0.15, -0.1) is 0 Å². The molecule has 0 heterocycles. The van der Waals surface area contributed by atoms with E-state index in [1.807, 2.05) is 12.1 Å². The number of benzene rings is 1. The number of carbonyl (C=O) groups is 1. The molecule has 0 aliphatic heterocycles. The molecule has 0 aromatic heterocycles. The van der Waals surface area contributed by atoms with Crippen LogP contribution in [0.15, 0.2) is 24.3 Å². The third kappa shape index (κ3) is 1.65. The van der Waals surface area contributed by atoms with Crippen molar-refractivity contribution in [3.05, 3.63) is 35.4 Å². The summed E-state index contributed by atoms with van der Waals surface area (Å²) in [5.74, 6) is 0.177. The molecule has 1 aromatic carbocycles. The Bertz CT molecular complexity index is 546. The van der Waals surface area contributed by atoms with Gasteiger partial charge in [-0.1, -0.05) is 52.0 Å². The van der Waals surface area contributed by atoms with Crippen LogP contribution in [0.2, 0.25) is 0 Å². The van der Waals surface area contributed by atoms with Gasteiger partial charge in [-0.25, -0.2) is 0 Å². The van der Waals surface area contributed by atoms with Gasteiger partial charge >= 0.3 is 0 Å². The number of hydrogen-bond acceptors (Lipinski definition) is 2. The van der Waals surface area contributed by atoms with Crippen molar-refractivity contribution in [2.45, 2.75) is 52.1 Å². The van der Waals surface area contributed by atoms with E-state index >= 15 is 0 Å². The standard InChI is InChI=1S/C17H24N2O/c1-16(2)14(18)17(3,4)15(16)19-13(20)12-9-10-7-5-6-8-11(10)12/h5-8,12,14-15H,9,18H2,1-4H3,(H,19,20). The monoisotopic (exact) mass is 272 g/mol. The Hall–Kier alpha value is -1.35. The van der Waals surface area contributed by atoms with Gasteiger partial charge in [0.2, 0.25) is 5.91 Å². The molecule has 1 atom stereocenters. The number of rotatable bonds is 2. The van der Waals surface area contributed by atoms with Crippen LogP contribution in [0.1, 0.15) is 44.7 Å². The van der Waals surface area contributed by atoms with Crippen molar-refractivity contribution < 1.29 is 4.79 Å². The summed E-state index contributed by atoms with van der Waals surface area (Å²) in [6.07, 6.45) is 0.863. The maximum absolute atomic E-state index is 12.5. The Kier molecular flexibility index (Phi) is 2.78. The van der Waals surface area contributed by atoms with Crippen molar-refractivity contribution in [3.63, 3.8) is 0 Å². The first-order valence-corrected chi connectivity index (χ1v) is 7.40. The fraction of sp³-hybridized carbons (Fsp3) is 0.588. The van der Waals surface area contributed by atoms with Gasteiger partial charge in [0.15, 0.2) is 0 Å². The molecule has 108 valence electrons. The molecular weight excluding hydrogens is 248 g/mol. The van der Waals surface area contributed by atoms with Gasteiger partial charge in [-0.2, -0.15) is 0 Å². The minimum Gasteiger partial charge on any atom is -0.352 e. The zero-order valence-electron chi connectivity index (χ0n) is 12.7. The predicted octanol–water partition coefficient (Wildman–Crippen LogP) is 2.20. The lowest BCUT2D eigenvalue weighted by Gasteiger charge is -2.63. The lowest BCUT2D eigenvalue weighted by molar-refractivity contribution is -0.134. The highest BCUT2D eigenvalue weighted by Gasteiger charge is 2.60. The first-order valence-electron chi connectivity index (χ1n) is 7.40. The molecule has 2 aliphatic rings. The van der Waals surface area contributed by atoms with Crippen LogP contribution in [0.4, 0.5) is 0 Å². The summed E-state index contributed by atoms with van der Waals surface area (Å²) in [6.45, 7) is 8.57. The number of fused-ring (bicyclic) bond motifs is 1. The van der Waals surface area contributed by atoms with E-state index in [0.717, 1.165) is 6.42 Å². The van der Waals surface area contributed by atoms with Crippen LogP contribution in [-0.2, 0) is 11.2 Å². The predicted molar refractivity (Wildman–Crippen MR) is 80.4 cm³/mol. The summed E-state index contributed by atoms with van der Waals surface area (Å²) < 4.78 is 0. The van der Waals surface area contributed by atoms with Gasteiger partial charge in [0, 0.05) is 22.9 Å². The number of amides is 1. The SMILES string of the molecule is CC1(C)C(N)C(C)(C)C1NC(=O)C1Cc2ccccc21. The quantitative estimate of drug-likeness (QED) is 0.867. The van der Waals surface area contributed by atoms with Crippen molar-refractivity contribution in [1.29, 1.82) is 0 Å². The van der Waals surface area contributed by atoms with Crippen LogP contribution < -0.4 is 11.1 Å². The minimum absolute atomic E-state index is 0.0228. The molecule has 1 fully saturated rings. The smallest absolute Gasteiger partial charge is 0.228 e. The number of hydrogen-bond donors (Lipinski definition) is 2. The Morgan fingerprint density at radius 3 is 2.40 bits per heavy atom. The lowest BCUT2D eigenvalue weighted by atomic mass is 9.48. The van der Waals surface area contributed by atoms with Crippen molar-refractivity contribution >= 4 is 5.91 Å². The van der Waals surface area contributed by atoms with Gasteiger partial charge in [-0.05, 0) is 17.5 Å². The Labute approximate surface area is 120 Å². The van der Waals surface area contributed by atoms with Crippen molar-refractivity contribution in [1.82, 2.24) is 5.32 Å². The number of nitrogens with one attached hydrogen (secondary N) is 1. The van der Waals surface area contributed by atoms with E-state index in [0.29, 0.717) is 0 Å². The molecule has 3 heteroatoms. The molecule has 1 unspecified atom stereocenters. The molecule has 3 rings (SSSR count). The van der Waals surface area contributed by atoms with E-state index in [-0.39, 0.29) is 34.7 Å². The van der Waals surface area contributed by atoms with E-state index < -0.39 is 0 Å². The average Bonchev–Trinajstić information content (AvgIpc) is 2.36. The summed E-state index contributed by atoms with van der Waals surface area (Å²) in [5, 5.41) is 3.25. The van der Waals surface area contributed by atoms with E-state index in [1.54, 1.807) is 0 Å². The normalized spacial score (nSPS) is 32.5. The largest absolute Gasteiger partial charge is 0.352 e. The zero-order chi connectivity index (χ0) is 14.7. The molecule has 2 aliphatic carbocycles. The summed E-state index contributed by atoms with van der Waals surface area (Å²) in [7, 11) is 0. The van der Waals surface area contributed by atoms with E-state index in [9.17, 15) is 4.79 Å². The fourth-order valence-electron chi connectivity index (χ4n) is 4.29. The molecule has 0 spiro atoms. The third-order valence-corrected chi connectivity index (χ3v) is 5.55. The van der Waals surface area contributed by atoms with Gasteiger partial charge < -0.3 is 11.1 Å². The van der Waals surface area contributed by atoms with Gasteiger partial charge in [0.05, 0.1) is 5.92 Å². The number of carbonyl (C=O) groups excluding carboxylic acids is 1. The molecule has 0 radical (unpaired) electrons. The molecule has 3 nitrogen and oxygen atoms in total. The summed E-state index contributed by atoms with van der Waals surface area (Å²) in [5.41, 5.74) is 8.66. The van der Waals surface area contributed by atoms with E-state index in [4.69, 9.17) is 5.73 Å². The van der Waals surface area contributed by atoms with E-state index in [1.165, 1.54) is 11.1 Å². The summed E-state index contributed by atoms with van der Waals surface area (Å²) >= 11 is 0. The Morgan fingerprint density at radius 2 is 1.80 bits per heavy atom. The molecule has 0 bridgehead atoms. The van der Waals surface area contributed by atoms with Crippen molar-refractivity contribution in [2.24, 2.45) is 16.6 Å². The van der Waals surface area contributed by atoms with Crippen LogP contribution >= 0.6 is 0 Å². The zero-order valence-corrected chi connectivity index (χ0v) is 12.7. The minimum atomic E-state index is -0.0393. The Balaban J connectivity index is 1.73. The molecule has 1 amide bonds. The van der Waals surface area contributed by atoms with Crippen LogP contribution in [0.5, 0.6) is 0 Å². The molecule has 0 saturated heterocycles. The van der Waals surface area contributed by atoms with Crippen LogP contribution in [0.25, 0.3) is 0 Å². The highest BCUT2D eigenvalue weighted by molar-refractivity contribution is 5.87. The first kappa shape index (κ1) is 13.6. The van der Waals surface area contributed by atoms with Gasteiger partial charge in [0.1, 0.15) is 0 Å². The van der Waals surface area contributed by atoms with Gasteiger partial charge in [-0.3, -0.25) is 4.79 Å². The molecule has 3 N–H and O–H groups in total. The van der Waals surface area contributed by atoms with E-state index in [2.05, 4.69) is 45.1 Å². The van der Waals surface area contributed by atoms with Crippen LogP contribution in [-0.4, -0.2) is 18.0 Å². The number of nitrogens with two attached hydrogens (primary N) is 1. The highest BCUT2D eigenvalue weighted by atomic mass is 16.2. The molecule has 1 aromatic rings. The topological polar surface area (TPSA) is 55.1 Å². The maximum atomic E-state index is 12.5. The second kappa shape index (κ2) is 4.08. The fourth-order valence-corrected chi connectivity index (χ4v) is 4.29. The second-order valence-electron chi connectivity index (χ2n) is 7.52. The molecule has 1 saturated carbocycles. The van der Waals surface area contributed by atoms with Crippen molar-refractivity contribution in [2.75, 3.05) is 0 Å². The van der Waals surface area contributed by atoms with Gasteiger partial charge in [0.25, 0.3) is 0 Å². The Morgan fingerprint density at radius 1 is 1.20 bits per heavy atom. The first-order chi connectivity index (χ1) is 9.26.